The highest BCUT2D eigenvalue weighted by Gasteiger charge is 2.22. The molecule has 1 aliphatic heterocycles. The molecule has 2 heterocycles. The molecule has 1 atom stereocenters. The Bertz CT molecular complexity index is 1160. The average Bonchev–Trinajstić information content (AvgIpc) is 2.85. The van der Waals surface area contributed by atoms with Crippen LogP contribution in [0.1, 0.15) is 46.7 Å². The van der Waals surface area contributed by atoms with E-state index in [1.54, 1.807) is 18.5 Å². The molecule has 2 aromatic carbocycles. The number of nitrogens with zero attached hydrogens (tertiary/aromatic N) is 3. The molecule has 5 rings (SSSR count). The van der Waals surface area contributed by atoms with Gasteiger partial charge in [0, 0.05) is 55.9 Å². The van der Waals surface area contributed by atoms with Gasteiger partial charge >= 0.3 is 5.97 Å². The van der Waals surface area contributed by atoms with Crippen molar-refractivity contribution in [2.75, 3.05) is 48.9 Å². The highest BCUT2D eigenvalue weighted by molar-refractivity contribution is 5.95. The molecule has 0 radical (unpaired) electrons. The maximum Gasteiger partial charge on any atom is 0.340 e. The maximum absolute atomic E-state index is 12.1. The topological polar surface area (TPSA) is 57.7 Å². The van der Waals surface area contributed by atoms with Gasteiger partial charge in [0.15, 0.2) is 0 Å². The lowest BCUT2D eigenvalue weighted by Gasteiger charge is -2.33. The van der Waals surface area contributed by atoms with Crippen LogP contribution in [0, 0.1) is 0 Å². The minimum Gasteiger partial charge on any atom is -0.465 e. The summed E-state index contributed by atoms with van der Waals surface area (Å²) in [5, 5.41) is 3.45. The number of nitrogens with one attached hydrogen (secondary N) is 1. The Morgan fingerprint density at radius 1 is 1.12 bits per heavy atom. The first-order valence-electron chi connectivity index (χ1n) is 12.1. The van der Waals surface area contributed by atoms with E-state index < -0.39 is 0 Å². The van der Waals surface area contributed by atoms with Crippen LogP contribution in [0.3, 0.4) is 0 Å². The Balaban J connectivity index is 1.30. The summed E-state index contributed by atoms with van der Waals surface area (Å²) in [4.78, 5) is 20.9. The number of carbonyl (C=O) groups is 1. The third-order valence-electron chi connectivity index (χ3n) is 7.18. The number of pyridine rings is 1. The number of anilines is 4. The van der Waals surface area contributed by atoms with E-state index in [-0.39, 0.29) is 5.97 Å². The zero-order chi connectivity index (χ0) is 23.5. The first-order chi connectivity index (χ1) is 16.6. The Morgan fingerprint density at radius 3 is 2.65 bits per heavy atom. The molecule has 0 bridgehead atoms. The number of hydrogen-bond acceptors (Lipinski definition) is 6. The normalized spacial score (nSPS) is 16.9. The van der Waals surface area contributed by atoms with Crippen LogP contribution in [0.15, 0.2) is 60.9 Å². The van der Waals surface area contributed by atoms with E-state index in [9.17, 15) is 4.79 Å². The summed E-state index contributed by atoms with van der Waals surface area (Å²) < 4.78 is 4.91. The molecule has 0 saturated carbocycles. The summed E-state index contributed by atoms with van der Waals surface area (Å²) in [6, 6.07) is 17.4. The van der Waals surface area contributed by atoms with Crippen LogP contribution in [0.2, 0.25) is 0 Å². The molecule has 1 fully saturated rings. The molecule has 1 saturated heterocycles. The number of ether oxygens (including phenoxy) is 1. The molecule has 176 valence electrons. The number of aryl methyl sites for hydroxylation is 1. The van der Waals surface area contributed by atoms with Crippen LogP contribution < -0.4 is 15.1 Å². The van der Waals surface area contributed by atoms with Gasteiger partial charge < -0.3 is 19.9 Å². The number of hydrogen-bond donors (Lipinski definition) is 1. The fraction of sp³-hybridized carbons (Fsp3) is 0.357. The van der Waals surface area contributed by atoms with Gasteiger partial charge in [-0.1, -0.05) is 6.07 Å². The Hall–Kier alpha value is -3.54. The van der Waals surface area contributed by atoms with Gasteiger partial charge in [-0.15, -0.1) is 0 Å². The van der Waals surface area contributed by atoms with Gasteiger partial charge in [-0.25, -0.2) is 4.79 Å². The van der Waals surface area contributed by atoms with Crippen molar-refractivity contribution in [3.63, 3.8) is 0 Å². The van der Waals surface area contributed by atoms with Crippen molar-refractivity contribution in [1.29, 1.82) is 0 Å². The fourth-order valence-electron chi connectivity index (χ4n) is 4.99. The summed E-state index contributed by atoms with van der Waals surface area (Å²) in [6.07, 6.45) is 7.99. The van der Waals surface area contributed by atoms with Crippen LogP contribution in [0.5, 0.6) is 0 Å². The number of esters is 1. The molecular weight excluding hydrogens is 424 g/mol. The highest BCUT2D eigenvalue weighted by atomic mass is 16.5. The molecule has 3 aromatic rings. The fourth-order valence-corrected chi connectivity index (χ4v) is 4.99. The third-order valence-corrected chi connectivity index (χ3v) is 7.18. The van der Waals surface area contributed by atoms with Crippen molar-refractivity contribution < 1.29 is 9.53 Å². The molecule has 1 aliphatic carbocycles. The summed E-state index contributed by atoms with van der Waals surface area (Å²) in [5.74, 6) is 0.0455. The maximum atomic E-state index is 12.1. The van der Waals surface area contributed by atoms with Crippen LogP contribution >= 0.6 is 0 Å². The Kier molecular flexibility index (Phi) is 6.39. The number of aromatic nitrogens is 1. The molecule has 6 nitrogen and oxygen atoms in total. The second kappa shape index (κ2) is 9.75. The number of fused-ring (bicyclic) bond motifs is 1. The smallest absolute Gasteiger partial charge is 0.340 e. The summed E-state index contributed by atoms with van der Waals surface area (Å²) in [7, 11) is 3.54. The minimum absolute atomic E-state index is 0.348. The van der Waals surface area contributed by atoms with Crippen LogP contribution in [0.4, 0.5) is 22.7 Å². The second-order valence-corrected chi connectivity index (χ2v) is 9.18. The molecule has 1 N–H and O–H groups in total. The summed E-state index contributed by atoms with van der Waals surface area (Å²) in [6.45, 7) is 3.09. The first-order valence-corrected chi connectivity index (χ1v) is 12.1. The standard InChI is InChI=1S/C28H32N4O2/c1-31(22-7-9-23(10-8-22)32-15-4-16-32)24-11-12-25-20(17-24)5-3-6-21(25)18-30-27-19-29-14-13-26(27)28(33)34-2/h7-14,17,19,21,30H,3-6,15-16,18H2,1-2H3/t21-/m0/s1. The van der Waals surface area contributed by atoms with Crippen molar-refractivity contribution in [2.24, 2.45) is 0 Å². The van der Waals surface area contributed by atoms with E-state index in [2.05, 4.69) is 69.6 Å². The monoisotopic (exact) mass is 456 g/mol. The van der Waals surface area contributed by atoms with Crippen LogP contribution in [0.25, 0.3) is 0 Å². The summed E-state index contributed by atoms with van der Waals surface area (Å²) in [5.41, 5.74) is 7.78. The molecule has 0 spiro atoms. The van der Waals surface area contributed by atoms with Crippen molar-refractivity contribution in [3.05, 3.63) is 77.6 Å². The van der Waals surface area contributed by atoms with E-state index in [4.69, 9.17) is 4.74 Å². The van der Waals surface area contributed by atoms with E-state index in [1.165, 1.54) is 54.8 Å². The van der Waals surface area contributed by atoms with Gasteiger partial charge in [0.25, 0.3) is 0 Å². The lowest BCUT2D eigenvalue weighted by Crippen LogP contribution is -2.36. The Morgan fingerprint density at radius 2 is 1.91 bits per heavy atom. The van der Waals surface area contributed by atoms with Crippen molar-refractivity contribution >= 4 is 28.7 Å². The van der Waals surface area contributed by atoms with Crippen molar-refractivity contribution in [1.82, 2.24) is 4.98 Å². The van der Waals surface area contributed by atoms with E-state index in [0.29, 0.717) is 11.5 Å². The lowest BCUT2D eigenvalue weighted by molar-refractivity contribution is 0.0601. The number of benzene rings is 2. The lowest BCUT2D eigenvalue weighted by atomic mass is 9.82. The van der Waals surface area contributed by atoms with Gasteiger partial charge in [0.1, 0.15) is 0 Å². The predicted octanol–water partition coefficient (Wildman–Crippen LogP) is 5.38. The number of carbonyl (C=O) groups excluding carboxylic acids is 1. The van der Waals surface area contributed by atoms with Gasteiger partial charge in [0.2, 0.25) is 0 Å². The van der Waals surface area contributed by atoms with E-state index in [0.717, 1.165) is 31.5 Å². The zero-order valence-corrected chi connectivity index (χ0v) is 20.0. The molecule has 6 heteroatoms. The van der Waals surface area contributed by atoms with Crippen LogP contribution in [-0.2, 0) is 11.2 Å². The van der Waals surface area contributed by atoms with Crippen LogP contribution in [-0.4, -0.2) is 44.7 Å². The van der Waals surface area contributed by atoms with Crippen molar-refractivity contribution in [2.45, 2.75) is 31.6 Å². The molecular formula is C28H32N4O2. The second-order valence-electron chi connectivity index (χ2n) is 9.18. The number of methoxy groups -OCH3 is 1. The molecule has 34 heavy (non-hydrogen) atoms. The summed E-state index contributed by atoms with van der Waals surface area (Å²) >= 11 is 0. The Labute approximate surface area is 201 Å². The predicted molar refractivity (Wildman–Crippen MR) is 138 cm³/mol. The minimum atomic E-state index is -0.348. The number of rotatable bonds is 7. The SMILES string of the molecule is COC(=O)c1ccncc1NC[C@@H]1CCCc2cc(N(C)c3ccc(N4CCC4)cc3)ccc21. The van der Waals surface area contributed by atoms with Gasteiger partial charge in [-0.05, 0) is 79.3 Å². The quantitative estimate of drug-likeness (QED) is 0.482. The van der Waals surface area contributed by atoms with Crippen molar-refractivity contribution in [3.8, 4) is 0 Å². The molecule has 2 aliphatic rings. The van der Waals surface area contributed by atoms with E-state index in [1.807, 2.05) is 0 Å². The van der Waals surface area contributed by atoms with Gasteiger partial charge in [-0.3, -0.25) is 4.98 Å². The van der Waals surface area contributed by atoms with Gasteiger partial charge in [-0.2, -0.15) is 0 Å². The largest absolute Gasteiger partial charge is 0.465 e. The zero-order valence-electron chi connectivity index (χ0n) is 20.0. The molecule has 0 amide bonds. The third kappa shape index (κ3) is 4.45. The molecule has 0 unspecified atom stereocenters. The average molecular weight is 457 g/mol. The van der Waals surface area contributed by atoms with Gasteiger partial charge in [0.05, 0.1) is 24.6 Å². The van der Waals surface area contributed by atoms with E-state index >= 15 is 0 Å². The highest BCUT2D eigenvalue weighted by Crippen LogP contribution is 2.36. The molecule has 1 aromatic heterocycles. The first kappa shape index (κ1) is 22.3.